The molecule has 1 aromatic rings. The zero-order valence-electron chi connectivity index (χ0n) is 12.2. The van der Waals surface area contributed by atoms with Crippen LogP contribution < -0.4 is 5.73 Å². The number of rotatable bonds is 8. The van der Waals surface area contributed by atoms with E-state index in [1.54, 1.807) is 6.92 Å². The van der Waals surface area contributed by atoms with Crippen molar-refractivity contribution in [3.8, 4) is 0 Å². The molecular formula is C15H25NO3S. The molecule has 0 saturated carbocycles. The molecule has 5 heteroatoms. The summed E-state index contributed by atoms with van der Waals surface area (Å²) in [5.41, 5.74) is 6.08. The Balaban J connectivity index is 3.02. The maximum absolute atomic E-state index is 11.9. The Hall–Kier alpha value is -0.910. The summed E-state index contributed by atoms with van der Waals surface area (Å²) >= 11 is 0. The van der Waals surface area contributed by atoms with Gasteiger partial charge in [0.2, 0.25) is 0 Å². The van der Waals surface area contributed by atoms with E-state index in [2.05, 4.69) is 0 Å². The van der Waals surface area contributed by atoms with E-state index in [0.29, 0.717) is 12.8 Å². The minimum Gasteiger partial charge on any atom is -0.392 e. The van der Waals surface area contributed by atoms with Gasteiger partial charge in [0, 0.05) is 17.7 Å². The van der Waals surface area contributed by atoms with Crippen molar-refractivity contribution in [3.63, 3.8) is 0 Å². The van der Waals surface area contributed by atoms with Crippen LogP contribution in [0.25, 0.3) is 0 Å². The topological polar surface area (TPSA) is 80.4 Å². The summed E-state index contributed by atoms with van der Waals surface area (Å²) in [7, 11) is -3.08. The van der Waals surface area contributed by atoms with Gasteiger partial charge in [0.25, 0.3) is 0 Å². The largest absolute Gasteiger partial charge is 0.392 e. The standard InChI is InChI=1S/C15H25NO3S/c1-3-10-20(18,19)11-9-15(12-16,13(2)17)14-7-5-4-6-8-14/h4-8,13,17H,3,9-12,16H2,1-2H3. The average molecular weight is 299 g/mol. The van der Waals surface area contributed by atoms with E-state index in [1.807, 2.05) is 37.3 Å². The fourth-order valence-corrected chi connectivity index (χ4v) is 4.01. The first kappa shape index (κ1) is 17.1. The number of aliphatic hydroxyl groups excluding tert-OH is 1. The zero-order chi connectivity index (χ0) is 15.2. The van der Waals surface area contributed by atoms with Crippen LogP contribution in [-0.2, 0) is 15.3 Å². The Labute approximate surface area is 121 Å². The monoisotopic (exact) mass is 299 g/mol. The molecule has 0 amide bonds. The Kier molecular flexibility index (Phi) is 6.17. The highest BCUT2D eigenvalue weighted by molar-refractivity contribution is 7.91. The normalized spacial score (nSPS) is 16.6. The van der Waals surface area contributed by atoms with Crippen molar-refractivity contribution in [2.75, 3.05) is 18.1 Å². The van der Waals surface area contributed by atoms with Crippen molar-refractivity contribution in [1.82, 2.24) is 0 Å². The molecule has 4 nitrogen and oxygen atoms in total. The van der Waals surface area contributed by atoms with Crippen molar-refractivity contribution in [1.29, 1.82) is 0 Å². The van der Waals surface area contributed by atoms with Gasteiger partial charge in [-0.3, -0.25) is 0 Å². The van der Waals surface area contributed by atoms with E-state index in [9.17, 15) is 13.5 Å². The second-order valence-electron chi connectivity index (χ2n) is 5.30. The lowest BCUT2D eigenvalue weighted by atomic mass is 9.74. The van der Waals surface area contributed by atoms with E-state index < -0.39 is 21.4 Å². The second-order valence-corrected chi connectivity index (χ2v) is 7.61. The van der Waals surface area contributed by atoms with Crippen LogP contribution in [0.3, 0.4) is 0 Å². The van der Waals surface area contributed by atoms with E-state index in [4.69, 9.17) is 5.73 Å². The van der Waals surface area contributed by atoms with E-state index in [-0.39, 0.29) is 18.1 Å². The number of aliphatic hydroxyl groups is 1. The molecule has 0 saturated heterocycles. The van der Waals surface area contributed by atoms with Crippen LogP contribution in [-0.4, -0.2) is 37.7 Å². The van der Waals surface area contributed by atoms with Gasteiger partial charge in [0.1, 0.15) is 9.84 Å². The lowest BCUT2D eigenvalue weighted by Gasteiger charge is -2.36. The summed E-state index contributed by atoms with van der Waals surface area (Å²) < 4.78 is 23.8. The van der Waals surface area contributed by atoms with Crippen LogP contribution in [0, 0.1) is 0 Å². The first-order valence-electron chi connectivity index (χ1n) is 7.02. The number of hydrogen-bond donors (Lipinski definition) is 2. The Morgan fingerprint density at radius 3 is 2.30 bits per heavy atom. The molecule has 3 N–H and O–H groups in total. The van der Waals surface area contributed by atoms with Gasteiger partial charge in [-0.1, -0.05) is 37.3 Å². The van der Waals surface area contributed by atoms with E-state index in [1.165, 1.54) is 0 Å². The average Bonchev–Trinajstić information content (AvgIpc) is 2.40. The molecule has 0 fully saturated rings. The van der Waals surface area contributed by atoms with Crippen molar-refractivity contribution >= 4 is 9.84 Å². The summed E-state index contributed by atoms with van der Waals surface area (Å²) in [6.07, 6.45) is 0.248. The number of sulfone groups is 1. The molecule has 0 aliphatic rings. The number of hydrogen-bond acceptors (Lipinski definition) is 4. The van der Waals surface area contributed by atoms with Crippen molar-refractivity contribution in [2.24, 2.45) is 5.73 Å². The summed E-state index contributed by atoms with van der Waals surface area (Å²) in [5, 5.41) is 10.2. The fraction of sp³-hybridized carbons (Fsp3) is 0.600. The lowest BCUT2D eigenvalue weighted by molar-refractivity contribution is 0.0980. The molecule has 2 unspecified atom stereocenters. The van der Waals surface area contributed by atoms with E-state index in [0.717, 1.165) is 5.56 Å². The molecular weight excluding hydrogens is 274 g/mol. The summed E-state index contributed by atoms with van der Waals surface area (Å²) in [4.78, 5) is 0. The van der Waals surface area contributed by atoms with Gasteiger partial charge in [-0.15, -0.1) is 0 Å². The van der Waals surface area contributed by atoms with Crippen molar-refractivity contribution < 1.29 is 13.5 Å². The minimum absolute atomic E-state index is 0.0534. The molecule has 1 rings (SSSR count). The molecule has 0 bridgehead atoms. The molecule has 2 atom stereocenters. The lowest BCUT2D eigenvalue weighted by Crippen LogP contribution is -2.46. The number of benzene rings is 1. The first-order valence-corrected chi connectivity index (χ1v) is 8.84. The quantitative estimate of drug-likeness (QED) is 0.762. The van der Waals surface area contributed by atoms with Crippen LogP contribution in [0.2, 0.25) is 0 Å². The van der Waals surface area contributed by atoms with Crippen LogP contribution in [0.4, 0.5) is 0 Å². The maximum atomic E-state index is 11.9. The number of nitrogens with two attached hydrogens (primary N) is 1. The summed E-state index contributed by atoms with van der Waals surface area (Å²) in [5.74, 6) is 0.236. The zero-order valence-corrected chi connectivity index (χ0v) is 13.1. The molecule has 0 aliphatic carbocycles. The molecule has 0 radical (unpaired) electrons. The van der Waals surface area contributed by atoms with Gasteiger partial charge < -0.3 is 10.8 Å². The molecule has 0 aromatic heterocycles. The fourth-order valence-electron chi connectivity index (χ4n) is 2.51. The second kappa shape index (κ2) is 7.20. The van der Waals surface area contributed by atoms with Crippen LogP contribution in [0.5, 0.6) is 0 Å². The Bertz CT molecular complexity index is 499. The summed E-state index contributed by atoms with van der Waals surface area (Å²) in [6.45, 7) is 3.74. The first-order chi connectivity index (χ1) is 9.38. The summed E-state index contributed by atoms with van der Waals surface area (Å²) in [6, 6.07) is 9.43. The highest BCUT2D eigenvalue weighted by Gasteiger charge is 2.36. The minimum atomic E-state index is -3.08. The highest BCUT2D eigenvalue weighted by Crippen LogP contribution is 2.31. The van der Waals surface area contributed by atoms with Gasteiger partial charge >= 0.3 is 0 Å². The molecule has 0 aliphatic heterocycles. The molecule has 0 heterocycles. The van der Waals surface area contributed by atoms with Crippen LogP contribution >= 0.6 is 0 Å². The molecule has 20 heavy (non-hydrogen) atoms. The third-order valence-corrected chi connectivity index (χ3v) is 5.74. The Morgan fingerprint density at radius 2 is 1.85 bits per heavy atom. The highest BCUT2D eigenvalue weighted by atomic mass is 32.2. The molecule has 114 valence electrons. The van der Waals surface area contributed by atoms with Crippen LogP contribution in [0.15, 0.2) is 30.3 Å². The molecule has 1 aromatic carbocycles. The van der Waals surface area contributed by atoms with Crippen LogP contribution in [0.1, 0.15) is 32.3 Å². The van der Waals surface area contributed by atoms with Gasteiger partial charge in [0.15, 0.2) is 0 Å². The van der Waals surface area contributed by atoms with Gasteiger partial charge in [-0.25, -0.2) is 8.42 Å². The van der Waals surface area contributed by atoms with Gasteiger partial charge in [-0.05, 0) is 25.3 Å². The predicted octanol–water partition coefficient (Wildman–Crippen LogP) is 1.48. The Morgan fingerprint density at radius 1 is 1.25 bits per heavy atom. The third-order valence-electron chi connectivity index (χ3n) is 3.89. The smallest absolute Gasteiger partial charge is 0.150 e. The van der Waals surface area contributed by atoms with E-state index >= 15 is 0 Å². The van der Waals surface area contributed by atoms with Crippen molar-refractivity contribution in [3.05, 3.63) is 35.9 Å². The maximum Gasteiger partial charge on any atom is 0.150 e. The van der Waals surface area contributed by atoms with Gasteiger partial charge in [-0.2, -0.15) is 0 Å². The van der Waals surface area contributed by atoms with Gasteiger partial charge in [0.05, 0.1) is 11.9 Å². The third kappa shape index (κ3) is 4.04. The predicted molar refractivity (Wildman–Crippen MR) is 82.4 cm³/mol. The van der Waals surface area contributed by atoms with Crippen molar-refractivity contribution in [2.45, 2.75) is 38.2 Å². The molecule has 0 spiro atoms. The SMILES string of the molecule is CCCS(=O)(=O)CCC(CN)(c1ccccc1)C(C)O.